The molecule has 0 spiro atoms. The van der Waals surface area contributed by atoms with Crippen LogP contribution in [0, 0.1) is 0 Å². The van der Waals surface area contributed by atoms with Crippen molar-refractivity contribution in [3.63, 3.8) is 0 Å². The lowest BCUT2D eigenvalue weighted by molar-refractivity contribution is 0.0956. The van der Waals surface area contributed by atoms with Crippen LogP contribution in [0.3, 0.4) is 0 Å². The van der Waals surface area contributed by atoms with Gasteiger partial charge in [-0.3, -0.25) is 9.48 Å². The highest BCUT2D eigenvalue weighted by Gasteiger charge is 2.28. The monoisotopic (exact) mass is 335 g/mol. The Bertz CT molecular complexity index is 949. The van der Waals surface area contributed by atoms with Crippen molar-refractivity contribution >= 4 is 17.7 Å². The molecule has 3 aromatic heterocycles. The van der Waals surface area contributed by atoms with Crippen molar-refractivity contribution in [2.75, 3.05) is 12.4 Å². The number of pyridine rings is 1. The van der Waals surface area contributed by atoms with Crippen LogP contribution < -0.4 is 10.6 Å². The van der Waals surface area contributed by atoms with Crippen LogP contribution in [0.25, 0.3) is 11.4 Å². The fourth-order valence-electron chi connectivity index (χ4n) is 3.07. The zero-order chi connectivity index (χ0) is 17.4. The number of hydrogen-bond donors (Lipinski definition) is 2. The Morgan fingerprint density at radius 2 is 2.12 bits per heavy atom. The van der Waals surface area contributed by atoms with E-state index in [1.54, 1.807) is 17.9 Å². The highest BCUT2D eigenvalue weighted by Crippen LogP contribution is 2.34. The minimum absolute atomic E-state index is 0.179. The van der Waals surface area contributed by atoms with Gasteiger partial charge in [0.2, 0.25) is 5.95 Å². The molecule has 0 aromatic carbocycles. The summed E-state index contributed by atoms with van der Waals surface area (Å²) in [6.07, 6.45) is 5.05. The molecule has 2 N–H and O–H groups in total. The predicted octanol–water partition coefficient (Wildman–Crippen LogP) is 1.47. The van der Waals surface area contributed by atoms with E-state index < -0.39 is 0 Å². The van der Waals surface area contributed by atoms with Crippen LogP contribution in [-0.4, -0.2) is 37.7 Å². The van der Waals surface area contributed by atoms with E-state index in [0.717, 1.165) is 35.4 Å². The van der Waals surface area contributed by atoms with Crippen LogP contribution in [0.4, 0.5) is 11.8 Å². The Kier molecular flexibility index (Phi) is 3.64. The summed E-state index contributed by atoms with van der Waals surface area (Å²) < 4.78 is 1.72. The summed E-state index contributed by atoms with van der Waals surface area (Å²) >= 11 is 0. The van der Waals surface area contributed by atoms with E-state index >= 15 is 0 Å². The number of carbonyl (C=O) groups excluding carboxylic acids is 1. The van der Waals surface area contributed by atoms with Gasteiger partial charge in [0.15, 0.2) is 5.69 Å². The predicted molar refractivity (Wildman–Crippen MR) is 92.6 cm³/mol. The van der Waals surface area contributed by atoms with Gasteiger partial charge in [-0.25, -0.2) is 15.0 Å². The number of amides is 1. The molecular weight excluding hydrogens is 318 g/mol. The van der Waals surface area contributed by atoms with Gasteiger partial charge in [-0.2, -0.15) is 5.10 Å². The fraction of sp³-hybridized carbons (Fsp3) is 0.235. The van der Waals surface area contributed by atoms with Crippen molar-refractivity contribution in [2.24, 2.45) is 7.05 Å². The Morgan fingerprint density at radius 3 is 2.88 bits per heavy atom. The van der Waals surface area contributed by atoms with E-state index in [1.807, 2.05) is 31.4 Å². The fourth-order valence-corrected chi connectivity index (χ4v) is 3.07. The number of nitrogens with one attached hydrogen (secondary N) is 2. The molecule has 0 saturated carbocycles. The third-order valence-electron chi connectivity index (χ3n) is 4.23. The maximum Gasteiger partial charge on any atom is 0.271 e. The van der Waals surface area contributed by atoms with Gasteiger partial charge >= 0.3 is 0 Å². The molecule has 0 radical (unpaired) electrons. The second-order valence-electron chi connectivity index (χ2n) is 5.79. The van der Waals surface area contributed by atoms with Gasteiger partial charge in [0.25, 0.3) is 5.91 Å². The minimum atomic E-state index is -0.179. The Labute approximate surface area is 144 Å². The van der Waals surface area contributed by atoms with E-state index in [2.05, 4.69) is 30.7 Å². The summed E-state index contributed by atoms with van der Waals surface area (Å²) in [7, 11) is 3.44. The Hall–Kier alpha value is -3.29. The number of anilines is 2. The molecule has 1 aliphatic carbocycles. The number of fused-ring (bicyclic) bond motifs is 3. The van der Waals surface area contributed by atoms with E-state index in [4.69, 9.17) is 0 Å². The van der Waals surface area contributed by atoms with Crippen LogP contribution in [-0.2, 0) is 19.9 Å². The van der Waals surface area contributed by atoms with Gasteiger partial charge in [0, 0.05) is 32.1 Å². The first-order valence-corrected chi connectivity index (χ1v) is 7.99. The quantitative estimate of drug-likeness (QED) is 0.752. The standard InChI is InChI=1S/C17H17N7O/c1-18-16(25)14-11-7-6-10-9-20-17(21-12-5-3-4-8-19-12)22-13(10)15(11)24(2)23-14/h3-5,8-9H,6-7H2,1-2H3,(H,18,25)(H,19,20,21,22). The zero-order valence-corrected chi connectivity index (χ0v) is 13.9. The molecule has 3 heterocycles. The Balaban J connectivity index is 1.77. The number of carbonyl (C=O) groups is 1. The summed E-state index contributed by atoms with van der Waals surface area (Å²) in [6.45, 7) is 0. The second-order valence-corrected chi connectivity index (χ2v) is 5.79. The van der Waals surface area contributed by atoms with Gasteiger partial charge < -0.3 is 10.6 Å². The normalized spacial score (nSPS) is 12.2. The van der Waals surface area contributed by atoms with Gasteiger partial charge in [0.1, 0.15) is 5.82 Å². The molecule has 8 heteroatoms. The zero-order valence-electron chi connectivity index (χ0n) is 13.9. The van der Waals surface area contributed by atoms with Gasteiger partial charge in [-0.05, 0) is 30.5 Å². The van der Waals surface area contributed by atoms with E-state index in [9.17, 15) is 4.79 Å². The molecule has 4 rings (SSSR count). The number of nitrogens with zero attached hydrogens (tertiary/aromatic N) is 5. The lowest BCUT2D eigenvalue weighted by Crippen LogP contribution is -2.20. The second kappa shape index (κ2) is 5.97. The molecule has 1 amide bonds. The van der Waals surface area contributed by atoms with E-state index in [0.29, 0.717) is 17.5 Å². The molecule has 126 valence electrons. The average Bonchev–Trinajstić information content (AvgIpc) is 2.99. The van der Waals surface area contributed by atoms with Crippen molar-refractivity contribution in [3.05, 3.63) is 47.4 Å². The van der Waals surface area contributed by atoms with Crippen LogP contribution in [0.2, 0.25) is 0 Å². The molecule has 0 unspecified atom stereocenters. The molecular formula is C17H17N7O. The van der Waals surface area contributed by atoms with Crippen molar-refractivity contribution in [1.82, 2.24) is 30.0 Å². The summed E-state index contributed by atoms with van der Waals surface area (Å²) in [5.74, 6) is 0.962. The number of hydrogen-bond acceptors (Lipinski definition) is 6. The van der Waals surface area contributed by atoms with Gasteiger partial charge in [-0.15, -0.1) is 0 Å². The molecule has 0 atom stereocenters. The third-order valence-corrected chi connectivity index (χ3v) is 4.23. The SMILES string of the molecule is CNC(=O)c1nn(C)c2c1CCc1cnc(Nc3ccccn3)nc1-2. The first kappa shape index (κ1) is 15.3. The lowest BCUT2D eigenvalue weighted by atomic mass is 9.93. The molecule has 1 aliphatic rings. The third kappa shape index (κ3) is 2.61. The number of aromatic nitrogens is 5. The van der Waals surface area contributed by atoms with Crippen molar-refractivity contribution < 1.29 is 4.79 Å². The molecule has 0 bridgehead atoms. The van der Waals surface area contributed by atoms with Gasteiger partial charge in [-0.1, -0.05) is 6.07 Å². The summed E-state index contributed by atoms with van der Waals surface area (Å²) in [6, 6.07) is 5.59. The summed E-state index contributed by atoms with van der Waals surface area (Å²) in [4.78, 5) is 25.3. The summed E-state index contributed by atoms with van der Waals surface area (Å²) in [5.41, 5.74) is 4.11. The number of aryl methyl sites for hydroxylation is 2. The molecule has 0 saturated heterocycles. The minimum Gasteiger partial charge on any atom is -0.354 e. The highest BCUT2D eigenvalue weighted by atomic mass is 16.1. The number of rotatable bonds is 3. The van der Waals surface area contributed by atoms with Crippen molar-refractivity contribution in [2.45, 2.75) is 12.8 Å². The molecule has 3 aromatic rings. The summed E-state index contributed by atoms with van der Waals surface area (Å²) in [5, 5.41) is 10.1. The van der Waals surface area contributed by atoms with Crippen molar-refractivity contribution in [1.29, 1.82) is 0 Å². The van der Waals surface area contributed by atoms with Crippen LogP contribution in [0.15, 0.2) is 30.6 Å². The van der Waals surface area contributed by atoms with E-state index in [-0.39, 0.29) is 5.91 Å². The van der Waals surface area contributed by atoms with Crippen LogP contribution in [0.5, 0.6) is 0 Å². The maximum absolute atomic E-state index is 12.1. The Morgan fingerprint density at radius 1 is 1.24 bits per heavy atom. The first-order valence-electron chi connectivity index (χ1n) is 7.99. The maximum atomic E-state index is 12.1. The average molecular weight is 335 g/mol. The topological polar surface area (TPSA) is 97.6 Å². The molecule has 8 nitrogen and oxygen atoms in total. The van der Waals surface area contributed by atoms with Gasteiger partial charge in [0.05, 0.1) is 11.4 Å². The first-order chi connectivity index (χ1) is 12.2. The molecule has 0 fully saturated rings. The lowest BCUT2D eigenvalue weighted by Gasteiger charge is -2.17. The van der Waals surface area contributed by atoms with Crippen LogP contribution >= 0.6 is 0 Å². The van der Waals surface area contributed by atoms with Crippen molar-refractivity contribution in [3.8, 4) is 11.4 Å². The smallest absolute Gasteiger partial charge is 0.271 e. The highest BCUT2D eigenvalue weighted by molar-refractivity contribution is 5.95. The largest absolute Gasteiger partial charge is 0.354 e. The molecule has 0 aliphatic heterocycles. The van der Waals surface area contributed by atoms with Crippen LogP contribution in [0.1, 0.15) is 21.6 Å². The van der Waals surface area contributed by atoms with E-state index in [1.165, 1.54) is 0 Å². The molecule has 25 heavy (non-hydrogen) atoms.